The van der Waals surface area contributed by atoms with Gasteiger partial charge in [0, 0.05) is 25.1 Å². The van der Waals surface area contributed by atoms with Gasteiger partial charge in [0.1, 0.15) is 11.4 Å². The van der Waals surface area contributed by atoms with Crippen LogP contribution in [0.5, 0.6) is 0 Å². The maximum absolute atomic E-state index is 13.8. The molecule has 196 valence electrons. The van der Waals surface area contributed by atoms with E-state index < -0.39 is 29.1 Å². The molecule has 2 N–H and O–H groups in total. The molecular formula is C23H26F3N9O2. The number of rotatable bonds is 5. The molecule has 0 aromatic carbocycles. The lowest BCUT2D eigenvalue weighted by atomic mass is 9.91. The molecule has 0 unspecified atom stereocenters. The number of carbonyl (C=O) groups excluding carboxylic acids is 2. The van der Waals surface area contributed by atoms with Crippen LogP contribution in [-0.2, 0) is 25.2 Å². The van der Waals surface area contributed by atoms with E-state index in [0.29, 0.717) is 22.4 Å². The number of anilines is 2. The summed E-state index contributed by atoms with van der Waals surface area (Å²) in [6.07, 6.45) is -1.94. The molecule has 2 amide bonds. The van der Waals surface area contributed by atoms with Gasteiger partial charge >= 0.3 is 6.18 Å². The number of nitrogens with zero attached hydrogens (tertiary/aromatic N) is 7. The summed E-state index contributed by atoms with van der Waals surface area (Å²) in [6, 6.07) is 2.10. The van der Waals surface area contributed by atoms with Crippen LogP contribution < -0.4 is 10.6 Å². The quantitative estimate of drug-likeness (QED) is 0.415. The molecule has 0 aliphatic carbocycles. The Hall–Kier alpha value is -4.23. The summed E-state index contributed by atoms with van der Waals surface area (Å²) >= 11 is 0. The first-order valence-electron chi connectivity index (χ1n) is 11.4. The molecular weight excluding hydrogens is 491 g/mol. The molecule has 0 saturated carbocycles. The maximum Gasteiger partial charge on any atom is 0.433 e. The molecule has 4 heterocycles. The highest BCUT2D eigenvalue weighted by Crippen LogP contribution is 2.33. The minimum Gasteiger partial charge on any atom is -0.318 e. The largest absolute Gasteiger partial charge is 0.433 e. The standard InChI is InChI=1S/C23H26F3N9O2/c1-7-34-19(21(37)29-14-10-27-33(6)12(14)2)15(11-28-34)30-20(36)13-8-18-31-16(22(3,4)5)9-17(23(24,25)26)35(18)32-13/h8-11H,7H2,1-6H3,(H,29,37)(H,30,36). The highest BCUT2D eigenvalue weighted by Gasteiger charge is 2.37. The number of alkyl halides is 3. The molecule has 11 nitrogen and oxygen atoms in total. The van der Waals surface area contributed by atoms with Crippen molar-refractivity contribution in [1.29, 1.82) is 0 Å². The second-order valence-corrected chi connectivity index (χ2v) is 9.47. The number of carbonyl (C=O) groups is 2. The molecule has 0 aliphatic heterocycles. The first-order chi connectivity index (χ1) is 17.2. The van der Waals surface area contributed by atoms with Crippen LogP contribution in [0.2, 0.25) is 0 Å². The first-order valence-corrected chi connectivity index (χ1v) is 11.4. The van der Waals surface area contributed by atoms with Gasteiger partial charge in [0.05, 0.1) is 35.2 Å². The Morgan fingerprint density at radius 2 is 1.65 bits per heavy atom. The van der Waals surface area contributed by atoms with Crippen LogP contribution in [0.15, 0.2) is 24.5 Å². The van der Waals surface area contributed by atoms with Gasteiger partial charge in [0.2, 0.25) is 0 Å². The molecule has 0 bridgehead atoms. The van der Waals surface area contributed by atoms with Crippen molar-refractivity contribution in [1.82, 2.24) is 34.2 Å². The average molecular weight is 518 g/mol. The highest BCUT2D eigenvalue weighted by molar-refractivity contribution is 6.11. The van der Waals surface area contributed by atoms with Gasteiger partial charge in [0.15, 0.2) is 11.3 Å². The fourth-order valence-electron chi connectivity index (χ4n) is 3.62. The predicted octanol–water partition coefficient (Wildman–Crippen LogP) is 3.81. The Morgan fingerprint density at radius 3 is 2.22 bits per heavy atom. The molecule has 4 aromatic rings. The topological polar surface area (TPSA) is 124 Å². The predicted molar refractivity (Wildman–Crippen MR) is 128 cm³/mol. The third kappa shape index (κ3) is 4.90. The second kappa shape index (κ2) is 9.01. The van der Waals surface area contributed by atoms with Gasteiger partial charge in [-0.25, -0.2) is 9.50 Å². The molecule has 4 aromatic heterocycles. The van der Waals surface area contributed by atoms with E-state index in [-0.39, 0.29) is 28.4 Å². The van der Waals surface area contributed by atoms with Crippen LogP contribution in [0.1, 0.15) is 65.8 Å². The smallest absolute Gasteiger partial charge is 0.318 e. The first kappa shape index (κ1) is 25.9. The monoisotopic (exact) mass is 517 g/mol. The zero-order valence-corrected chi connectivity index (χ0v) is 21.1. The van der Waals surface area contributed by atoms with E-state index in [1.54, 1.807) is 46.3 Å². The molecule has 0 aliphatic rings. The van der Waals surface area contributed by atoms with E-state index in [4.69, 9.17) is 0 Å². The van der Waals surface area contributed by atoms with E-state index in [1.807, 2.05) is 0 Å². The summed E-state index contributed by atoms with van der Waals surface area (Å²) in [5.41, 5.74) is -0.613. The van der Waals surface area contributed by atoms with Crippen molar-refractivity contribution in [3.63, 3.8) is 0 Å². The summed E-state index contributed by atoms with van der Waals surface area (Å²) in [6.45, 7) is 9.08. The number of aromatic nitrogens is 7. The van der Waals surface area contributed by atoms with Crippen LogP contribution in [0.4, 0.5) is 24.5 Å². The molecule has 14 heteroatoms. The molecule has 0 atom stereocenters. The Balaban J connectivity index is 1.69. The summed E-state index contributed by atoms with van der Waals surface area (Å²) in [5, 5.41) is 17.4. The van der Waals surface area contributed by atoms with Gasteiger partial charge in [0.25, 0.3) is 11.8 Å². The van der Waals surface area contributed by atoms with Crippen molar-refractivity contribution >= 4 is 28.8 Å². The molecule has 0 fully saturated rings. The summed E-state index contributed by atoms with van der Waals surface area (Å²) < 4.78 is 44.9. The van der Waals surface area contributed by atoms with Gasteiger partial charge in [-0.3, -0.25) is 19.0 Å². The lowest BCUT2D eigenvalue weighted by Gasteiger charge is -2.19. The number of hydrogen-bond acceptors (Lipinski definition) is 6. The Labute approximate surface area is 209 Å². The average Bonchev–Trinajstić information content (AvgIpc) is 3.50. The Morgan fingerprint density at radius 1 is 1.00 bits per heavy atom. The van der Waals surface area contributed by atoms with Crippen molar-refractivity contribution < 1.29 is 22.8 Å². The van der Waals surface area contributed by atoms with Gasteiger partial charge in [-0.05, 0) is 19.9 Å². The Bertz CT molecular complexity index is 1510. The molecule has 0 saturated heterocycles. The van der Waals surface area contributed by atoms with Crippen LogP contribution in [-0.4, -0.2) is 46.0 Å². The summed E-state index contributed by atoms with van der Waals surface area (Å²) in [4.78, 5) is 30.4. The lowest BCUT2D eigenvalue weighted by Crippen LogP contribution is -2.21. The van der Waals surface area contributed by atoms with Gasteiger partial charge in [-0.15, -0.1) is 0 Å². The van der Waals surface area contributed by atoms with E-state index in [1.165, 1.54) is 23.1 Å². The third-order valence-electron chi connectivity index (χ3n) is 5.80. The molecule has 4 rings (SSSR count). The lowest BCUT2D eigenvalue weighted by molar-refractivity contribution is -0.142. The van der Waals surface area contributed by atoms with Gasteiger partial charge in [-0.1, -0.05) is 20.8 Å². The van der Waals surface area contributed by atoms with Crippen molar-refractivity contribution in [2.45, 2.75) is 52.8 Å². The number of hydrogen-bond donors (Lipinski definition) is 2. The van der Waals surface area contributed by atoms with Gasteiger partial charge < -0.3 is 10.6 Å². The van der Waals surface area contributed by atoms with E-state index >= 15 is 0 Å². The number of fused-ring (bicyclic) bond motifs is 1. The number of halogens is 3. The number of aryl methyl sites for hydroxylation is 2. The van der Waals surface area contributed by atoms with Crippen LogP contribution in [0.25, 0.3) is 5.65 Å². The second-order valence-electron chi connectivity index (χ2n) is 9.47. The normalized spacial score (nSPS) is 12.2. The maximum atomic E-state index is 13.8. The van der Waals surface area contributed by atoms with E-state index in [2.05, 4.69) is 30.9 Å². The fraction of sp³-hybridized carbons (Fsp3) is 0.391. The SMILES string of the molecule is CCn1ncc(NC(=O)c2cc3nc(C(C)(C)C)cc(C(F)(F)F)n3n2)c1C(=O)Nc1cnn(C)c1C. The van der Waals surface area contributed by atoms with Crippen molar-refractivity contribution in [3.05, 3.63) is 53.0 Å². The van der Waals surface area contributed by atoms with Crippen molar-refractivity contribution in [3.8, 4) is 0 Å². The van der Waals surface area contributed by atoms with Gasteiger partial charge in [-0.2, -0.15) is 28.5 Å². The third-order valence-corrected chi connectivity index (χ3v) is 5.80. The van der Waals surface area contributed by atoms with Crippen molar-refractivity contribution in [2.75, 3.05) is 10.6 Å². The van der Waals surface area contributed by atoms with E-state index in [9.17, 15) is 22.8 Å². The molecule has 0 spiro atoms. The number of amides is 2. The van der Waals surface area contributed by atoms with Crippen LogP contribution in [0.3, 0.4) is 0 Å². The zero-order chi connectivity index (χ0) is 27.3. The molecule has 0 radical (unpaired) electrons. The van der Waals surface area contributed by atoms with Crippen LogP contribution in [0, 0.1) is 6.92 Å². The fourth-order valence-corrected chi connectivity index (χ4v) is 3.62. The minimum atomic E-state index is -4.72. The number of nitrogens with one attached hydrogen (secondary N) is 2. The summed E-state index contributed by atoms with van der Waals surface area (Å²) in [7, 11) is 1.73. The van der Waals surface area contributed by atoms with E-state index in [0.717, 1.165) is 6.07 Å². The summed E-state index contributed by atoms with van der Waals surface area (Å²) in [5.74, 6) is -1.37. The van der Waals surface area contributed by atoms with Crippen molar-refractivity contribution in [2.24, 2.45) is 7.05 Å². The highest BCUT2D eigenvalue weighted by atomic mass is 19.4. The molecule has 37 heavy (non-hydrogen) atoms. The minimum absolute atomic E-state index is 0.0620. The van der Waals surface area contributed by atoms with Crippen LogP contribution >= 0.6 is 0 Å². The zero-order valence-electron chi connectivity index (χ0n) is 21.1. The Kier molecular flexibility index (Phi) is 6.30.